The van der Waals surface area contributed by atoms with Gasteiger partial charge in [0.05, 0.1) is 10.9 Å². The molecular weight excluding hydrogens is 298 g/mol. The third kappa shape index (κ3) is 4.30. The SMILES string of the molecule is Cc1ccc(-n2nnnc2SC(C)C(=O)NCC(C)C)cc1. The second kappa shape index (κ2) is 7.40. The molecule has 22 heavy (non-hydrogen) atoms. The zero-order chi connectivity index (χ0) is 16.1. The van der Waals surface area contributed by atoms with Crippen molar-refractivity contribution in [1.29, 1.82) is 0 Å². The van der Waals surface area contributed by atoms with Crippen LogP contribution in [0.4, 0.5) is 0 Å². The van der Waals surface area contributed by atoms with Crippen molar-refractivity contribution in [2.75, 3.05) is 6.54 Å². The number of nitrogens with zero attached hydrogens (tertiary/aromatic N) is 4. The first kappa shape index (κ1) is 16.5. The summed E-state index contributed by atoms with van der Waals surface area (Å²) in [4.78, 5) is 12.1. The van der Waals surface area contributed by atoms with E-state index >= 15 is 0 Å². The van der Waals surface area contributed by atoms with Gasteiger partial charge in [-0.25, -0.2) is 0 Å². The monoisotopic (exact) mass is 319 g/mol. The summed E-state index contributed by atoms with van der Waals surface area (Å²) in [5.41, 5.74) is 2.06. The van der Waals surface area contributed by atoms with Crippen LogP contribution in [0.2, 0.25) is 0 Å². The van der Waals surface area contributed by atoms with Gasteiger partial charge in [0.25, 0.3) is 0 Å². The zero-order valence-electron chi connectivity index (χ0n) is 13.3. The molecule has 1 aromatic carbocycles. The quantitative estimate of drug-likeness (QED) is 0.827. The van der Waals surface area contributed by atoms with Crippen molar-refractivity contribution in [3.05, 3.63) is 29.8 Å². The van der Waals surface area contributed by atoms with E-state index in [9.17, 15) is 4.79 Å². The molecule has 0 aliphatic carbocycles. The van der Waals surface area contributed by atoms with E-state index in [4.69, 9.17) is 0 Å². The highest BCUT2D eigenvalue weighted by Gasteiger charge is 2.19. The van der Waals surface area contributed by atoms with Crippen LogP contribution in [-0.4, -0.2) is 37.9 Å². The van der Waals surface area contributed by atoms with Crippen LogP contribution in [0.15, 0.2) is 29.4 Å². The molecule has 0 fully saturated rings. The molecule has 1 atom stereocenters. The lowest BCUT2D eigenvalue weighted by Crippen LogP contribution is -2.33. The predicted octanol–water partition coefficient (Wildman–Crippen LogP) is 2.22. The average Bonchev–Trinajstić information content (AvgIpc) is 2.93. The molecule has 0 spiro atoms. The number of thioether (sulfide) groups is 1. The number of rotatable bonds is 6. The van der Waals surface area contributed by atoms with E-state index in [1.54, 1.807) is 4.68 Å². The fraction of sp³-hybridized carbons (Fsp3) is 0.467. The number of benzene rings is 1. The Bertz CT molecular complexity index is 623. The first-order valence-electron chi connectivity index (χ1n) is 7.27. The van der Waals surface area contributed by atoms with Gasteiger partial charge in [-0.15, -0.1) is 5.10 Å². The standard InChI is InChI=1S/C15H21N5OS/c1-10(2)9-16-14(21)12(4)22-15-17-18-19-20(15)13-7-5-11(3)6-8-13/h5-8,10,12H,9H2,1-4H3,(H,16,21). The molecule has 0 saturated carbocycles. The number of carbonyl (C=O) groups excluding carboxylic acids is 1. The van der Waals surface area contributed by atoms with Gasteiger partial charge in [-0.3, -0.25) is 4.79 Å². The number of nitrogens with one attached hydrogen (secondary N) is 1. The van der Waals surface area contributed by atoms with Crippen molar-refractivity contribution in [3.8, 4) is 5.69 Å². The molecule has 2 rings (SSSR count). The minimum atomic E-state index is -0.256. The molecule has 6 nitrogen and oxygen atoms in total. The van der Waals surface area contributed by atoms with Gasteiger partial charge in [0.2, 0.25) is 11.1 Å². The number of hydrogen-bond acceptors (Lipinski definition) is 5. The van der Waals surface area contributed by atoms with Crippen LogP contribution >= 0.6 is 11.8 Å². The van der Waals surface area contributed by atoms with Crippen LogP contribution in [0.3, 0.4) is 0 Å². The second-order valence-corrected chi connectivity index (χ2v) is 6.92. The summed E-state index contributed by atoms with van der Waals surface area (Å²) >= 11 is 1.35. The Morgan fingerprint density at radius 1 is 1.27 bits per heavy atom. The van der Waals surface area contributed by atoms with E-state index in [-0.39, 0.29) is 11.2 Å². The van der Waals surface area contributed by atoms with Crippen LogP contribution < -0.4 is 5.32 Å². The Kier molecular flexibility index (Phi) is 5.54. The van der Waals surface area contributed by atoms with Crippen molar-refractivity contribution >= 4 is 17.7 Å². The predicted molar refractivity (Wildman–Crippen MR) is 87.1 cm³/mol. The van der Waals surface area contributed by atoms with E-state index in [0.29, 0.717) is 17.6 Å². The molecule has 0 saturated heterocycles. The topological polar surface area (TPSA) is 72.7 Å². The normalized spacial score (nSPS) is 12.4. The highest BCUT2D eigenvalue weighted by Crippen LogP contribution is 2.23. The van der Waals surface area contributed by atoms with Crippen molar-refractivity contribution in [1.82, 2.24) is 25.5 Å². The summed E-state index contributed by atoms with van der Waals surface area (Å²) < 4.78 is 1.65. The fourth-order valence-electron chi connectivity index (χ4n) is 1.76. The lowest BCUT2D eigenvalue weighted by molar-refractivity contribution is -0.120. The lowest BCUT2D eigenvalue weighted by Gasteiger charge is -2.13. The molecule has 1 unspecified atom stereocenters. The molecule has 0 aliphatic rings. The minimum Gasteiger partial charge on any atom is -0.355 e. The number of aromatic nitrogens is 4. The number of amides is 1. The molecule has 0 aliphatic heterocycles. The average molecular weight is 319 g/mol. The second-order valence-electron chi connectivity index (χ2n) is 5.61. The zero-order valence-corrected chi connectivity index (χ0v) is 14.1. The summed E-state index contributed by atoms with van der Waals surface area (Å²) in [6, 6.07) is 7.92. The molecule has 1 amide bonds. The Balaban J connectivity index is 2.06. The maximum atomic E-state index is 12.1. The maximum absolute atomic E-state index is 12.1. The summed E-state index contributed by atoms with van der Waals surface area (Å²) in [5.74, 6) is 0.427. The van der Waals surface area contributed by atoms with Crippen LogP contribution in [0.5, 0.6) is 0 Å². The third-order valence-corrected chi connectivity index (χ3v) is 4.09. The Morgan fingerprint density at radius 3 is 2.59 bits per heavy atom. The van der Waals surface area contributed by atoms with E-state index < -0.39 is 0 Å². The van der Waals surface area contributed by atoms with Gasteiger partial charge in [-0.1, -0.05) is 43.3 Å². The van der Waals surface area contributed by atoms with E-state index in [2.05, 4.69) is 34.7 Å². The smallest absolute Gasteiger partial charge is 0.233 e. The summed E-state index contributed by atoms with van der Waals surface area (Å²) in [5, 5.41) is 15.0. The number of hydrogen-bond donors (Lipinski definition) is 1. The molecule has 118 valence electrons. The first-order valence-corrected chi connectivity index (χ1v) is 8.15. The van der Waals surface area contributed by atoms with E-state index in [1.807, 2.05) is 38.1 Å². The van der Waals surface area contributed by atoms with Gasteiger partial charge in [0.1, 0.15) is 0 Å². The van der Waals surface area contributed by atoms with Gasteiger partial charge in [-0.05, 0) is 42.3 Å². The number of carbonyl (C=O) groups is 1. The number of tetrazole rings is 1. The van der Waals surface area contributed by atoms with Crippen LogP contribution in [-0.2, 0) is 4.79 Å². The van der Waals surface area contributed by atoms with Gasteiger partial charge >= 0.3 is 0 Å². The Morgan fingerprint density at radius 2 is 1.95 bits per heavy atom. The highest BCUT2D eigenvalue weighted by molar-refractivity contribution is 8.00. The molecule has 7 heteroatoms. The Labute approximate surface area is 134 Å². The molecule has 2 aromatic rings. The molecule has 0 radical (unpaired) electrons. The largest absolute Gasteiger partial charge is 0.355 e. The van der Waals surface area contributed by atoms with Crippen LogP contribution in [0.1, 0.15) is 26.3 Å². The number of aryl methyl sites for hydroxylation is 1. The summed E-state index contributed by atoms with van der Waals surface area (Å²) in [7, 11) is 0. The molecule has 1 N–H and O–H groups in total. The van der Waals surface area contributed by atoms with E-state index in [0.717, 1.165) is 5.69 Å². The summed E-state index contributed by atoms with van der Waals surface area (Å²) in [6.45, 7) is 8.69. The van der Waals surface area contributed by atoms with Crippen molar-refractivity contribution in [3.63, 3.8) is 0 Å². The molecule has 0 bridgehead atoms. The van der Waals surface area contributed by atoms with Crippen LogP contribution in [0, 0.1) is 12.8 Å². The van der Waals surface area contributed by atoms with Gasteiger partial charge in [-0.2, -0.15) is 4.68 Å². The van der Waals surface area contributed by atoms with Gasteiger partial charge < -0.3 is 5.32 Å². The first-order chi connectivity index (χ1) is 10.5. The van der Waals surface area contributed by atoms with Gasteiger partial charge in [0.15, 0.2) is 0 Å². The van der Waals surface area contributed by atoms with Crippen molar-refractivity contribution in [2.45, 2.75) is 38.1 Å². The summed E-state index contributed by atoms with van der Waals surface area (Å²) in [6.07, 6.45) is 0. The highest BCUT2D eigenvalue weighted by atomic mass is 32.2. The molecule has 1 heterocycles. The Hall–Kier alpha value is -1.89. The van der Waals surface area contributed by atoms with Crippen molar-refractivity contribution in [2.24, 2.45) is 5.92 Å². The fourth-order valence-corrected chi connectivity index (χ4v) is 2.59. The minimum absolute atomic E-state index is 0.00263. The maximum Gasteiger partial charge on any atom is 0.233 e. The third-order valence-electron chi connectivity index (χ3n) is 3.06. The van der Waals surface area contributed by atoms with Gasteiger partial charge in [0, 0.05) is 6.54 Å². The van der Waals surface area contributed by atoms with Crippen LogP contribution in [0.25, 0.3) is 5.69 Å². The molecular formula is C15H21N5OS. The van der Waals surface area contributed by atoms with Crippen molar-refractivity contribution < 1.29 is 4.79 Å². The molecule has 1 aromatic heterocycles. The van der Waals surface area contributed by atoms with E-state index in [1.165, 1.54) is 17.3 Å². The lowest BCUT2D eigenvalue weighted by atomic mass is 10.2.